The Balaban J connectivity index is 1.44. The van der Waals surface area contributed by atoms with Gasteiger partial charge < -0.3 is 14.5 Å². The molecule has 6 nitrogen and oxygen atoms in total. The van der Waals surface area contributed by atoms with Gasteiger partial charge in [0.2, 0.25) is 0 Å². The van der Waals surface area contributed by atoms with Gasteiger partial charge in [0.25, 0.3) is 11.6 Å². The molecular formula is C22H24ClN3O3. The highest BCUT2D eigenvalue weighted by atomic mass is 35.5. The number of fused-ring (bicyclic) bond motifs is 1. The first kappa shape index (κ1) is 19.9. The van der Waals surface area contributed by atoms with Gasteiger partial charge in [-0.1, -0.05) is 42.7 Å². The van der Waals surface area contributed by atoms with E-state index in [2.05, 4.69) is 10.1 Å². The van der Waals surface area contributed by atoms with E-state index in [1.54, 1.807) is 18.3 Å². The molecule has 1 amide bonds. The number of piperidine rings is 1. The molecule has 1 aliphatic heterocycles. The molecule has 0 aliphatic carbocycles. The molecule has 1 aliphatic rings. The molecule has 1 N–H and O–H groups in total. The molecule has 4 rings (SSSR count). The van der Waals surface area contributed by atoms with Gasteiger partial charge in [0, 0.05) is 24.3 Å². The van der Waals surface area contributed by atoms with Crippen LogP contribution in [0.3, 0.4) is 0 Å². The van der Waals surface area contributed by atoms with Crippen molar-refractivity contribution >= 4 is 28.6 Å². The third-order valence-corrected chi connectivity index (χ3v) is 5.89. The number of rotatable bonds is 4. The zero-order valence-corrected chi connectivity index (χ0v) is 17.3. The number of aliphatic hydroxyl groups is 1. The summed E-state index contributed by atoms with van der Waals surface area (Å²) in [6.45, 7) is 5.27. The lowest BCUT2D eigenvalue weighted by Gasteiger charge is -2.34. The van der Waals surface area contributed by atoms with Crippen LogP contribution < -0.4 is 0 Å². The van der Waals surface area contributed by atoms with Crippen molar-refractivity contribution in [2.45, 2.75) is 38.7 Å². The molecule has 1 saturated heterocycles. The van der Waals surface area contributed by atoms with Crippen molar-refractivity contribution in [2.24, 2.45) is 5.92 Å². The summed E-state index contributed by atoms with van der Waals surface area (Å²) in [5, 5.41) is 16.2. The summed E-state index contributed by atoms with van der Waals surface area (Å²) in [5.74, 6) is 0.259. The molecule has 1 aromatic carbocycles. The number of hydrogen-bond donors (Lipinski definition) is 1. The molecular weight excluding hydrogens is 390 g/mol. The summed E-state index contributed by atoms with van der Waals surface area (Å²) < 4.78 is 5.26. The van der Waals surface area contributed by atoms with Gasteiger partial charge in [0.1, 0.15) is 0 Å². The second-order valence-corrected chi connectivity index (χ2v) is 8.36. The number of aromatic nitrogens is 2. The van der Waals surface area contributed by atoms with Gasteiger partial charge in [0.05, 0.1) is 22.7 Å². The van der Waals surface area contributed by atoms with E-state index in [0.29, 0.717) is 29.4 Å². The van der Waals surface area contributed by atoms with Crippen molar-refractivity contribution in [1.82, 2.24) is 15.0 Å². The smallest absolute Gasteiger partial charge is 0.257 e. The molecule has 1 fully saturated rings. The number of carbonyl (C=O) groups is 1. The van der Waals surface area contributed by atoms with Crippen LogP contribution in [-0.2, 0) is 0 Å². The summed E-state index contributed by atoms with van der Waals surface area (Å²) in [6.07, 6.45) is 2.49. The molecule has 0 bridgehead atoms. The predicted molar refractivity (Wildman–Crippen MR) is 111 cm³/mol. The number of halogens is 1. The lowest BCUT2D eigenvalue weighted by molar-refractivity contribution is 0.0462. The lowest BCUT2D eigenvalue weighted by Crippen LogP contribution is -2.39. The van der Waals surface area contributed by atoms with Crippen LogP contribution in [0.15, 0.2) is 41.1 Å². The predicted octanol–water partition coefficient (Wildman–Crippen LogP) is 4.59. The van der Waals surface area contributed by atoms with E-state index in [-0.39, 0.29) is 17.7 Å². The Hall–Kier alpha value is -2.44. The van der Waals surface area contributed by atoms with Crippen molar-refractivity contribution in [2.75, 3.05) is 13.1 Å². The first-order valence-corrected chi connectivity index (χ1v) is 10.3. The second kappa shape index (κ2) is 8.13. The minimum atomic E-state index is -0.548. The number of nitrogens with zero attached hydrogens (tertiary/aromatic N) is 3. The monoisotopic (exact) mass is 413 g/mol. The van der Waals surface area contributed by atoms with Crippen LogP contribution in [-0.4, -0.2) is 39.1 Å². The number of likely N-dealkylation sites (tertiary alicyclic amines) is 1. The fourth-order valence-corrected chi connectivity index (χ4v) is 4.04. The van der Waals surface area contributed by atoms with Crippen molar-refractivity contribution in [3.8, 4) is 0 Å². The van der Waals surface area contributed by atoms with Crippen LogP contribution in [0, 0.1) is 5.92 Å². The number of benzene rings is 1. The summed E-state index contributed by atoms with van der Waals surface area (Å²) in [4.78, 5) is 19.1. The largest absolute Gasteiger partial charge is 0.388 e. The Morgan fingerprint density at radius 1 is 1.24 bits per heavy atom. The van der Waals surface area contributed by atoms with Crippen molar-refractivity contribution in [3.05, 3.63) is 58.4 Å². The minimum absolute atomic E-state index is 0.0465. The molecule has 3 aromatic rings. The Bertz CT molecular complexity index is 1010. The third-order valence-electron chi connectivity index (χ3n) is 5.64. The maximum absolute atomic E-state index is 13.0. The van der Waals surface area contributed by atoms with Crippen LogP contribution in [0.4, 0.5) is 0 Å². The number of amides is 1. The van der Waals surface area contributed by atoms with E-state index < -0.39 is 6.10 Å². The van der Waals surface area contributed by atoms with E-state index in [9.17, 15) is 9.90 Å². The Morgan fingerprint density at radius 3 is 2.59 bits per heavy atom. The van der Waals surface area contributed by atoms with Crippen LogP contribution in [0.1, 0.15) is 60.3 Å². The van der Waals surface area contributed by atoms with E-state index >= 15 is 0 Å². The van der Waals surface area contributed by atoms with Crippen molar-refractivity contribution < 1.29 is 14.4 Å². The highest BCUT2D eigenvalue weighted by Crippen LogP contribution is 2.32. The fraction of sp³-hybridized carbons (Fsp3) is 0.409. The maximum Gasteiger partial charge on any atom is 0.257 e. The lowest BCUT2D eigenvalue weighted by atomic mass is 9.87. The summed E-state index contributed by atoms with van der Waals surface area (Å²) in [6, 6.07) is 9.12. The van der Waals surface area contributed by atoms with Gasteiger partial charge in [-0.2, -0.15) is 0 Å². The Kier molecular flexibility index (Phi) is 5.56. The van der Waals surface area contributed by atoms with Crippen LogP contribution in [0.5, 0.6) is 0 Å². The average Bonchev–Trinajstić information content (AvgIpc) is 3.17. The zero-order valence-electron chi connectivity index (χ0n) is 16.5. The second-order valence-electron chi connectivity index (χ2n) is 7.93. The number of carbonyl (C=O) groups excluding carboxylic acids is 1. The highest BCUT2D eigenvalue weighted by molar-refractivity contribution is 6.30. The average molecular weight is 414 g/mol. The van der Waals surface area contributed by atoms with Gasteiger partial charge in [0.15, 0.2) is 0 Å². The van der Waals surface area contributed by atoms with Gasteiger partial charge in [-0.3, -0.25) is 4.79 Å². The van der Waals surface area contributed by atoms with Crippen molar-refractivity contribution in [1.29, 1.82) is 0 Å². The highest BCUT2D eigenvalue weighted by Gasteiger charge is 2.29. The molecule has 1 unspecified atom stereocenters. The standard InChI is InChI=1S/C22H24ClN3O3/c1-13(2)19-18-11-16(12-24-21(18)29-25-19)22(28)26-9-7-15(8-10-26)20(27)14-3-5-17(23)6-4-14/h3-6,11-13,15,20,27H,7-10H2,1-2H3. The summed E-state index contributed by atoms with van der Waals surface area (Å²) >= 11 is 5.93. The zero-order chi connectivity index (χ0) is 20.5. The van der Waals surface area contributed by atoms with Crippen molar-refractivity contribution in [3.63, 3.8) is 0 Å². The number of pyridine rings is 1. The first-order chi connectivity index (χ1) is 13.9. The molecule has 152 valence electrons. The first-order valence-electron chi connectivity index (χ1n) is 9.92. The van der Waals surface area contributed by atoms with Gasteiger partial charge in [-0.25, -0.2) is 4.98 Å². The molecule has 0 spiro atoms. The third kappa shape index (κ3) is 4.00. The summed E-state index contributed by atoms with van der Waals surface area (Å²) in [7, 11) is 0. The normalized spacial score (nSPS) is 16.5. The molecule has 0 radical (unpaired) electrons. The van der Waals surface area contributed by atoms with Crippen LogP contribution >= 0.6 is 11.6 Å². The minimum Gasteiger partial charge on any atom is -0.388 e. The van der Waals surface area contributed by atoms with Gasteiger partial charge in [-0.15, -0.1) is 0 Å². The van der Waals surface area contributed by atoms with Crippen LogP contribution in [0.2, 0.25) is 5.02 Å². The molecule has 29 heavy (non-hydrogen) atoms. The van der Waals surface area contributed by atoms with Gasteiger partial charge >= 0.3 is 0 Å². The van der Waals surface area contributed by atoms with E-state index in [1.807, 2.05) is 36.9 Å². The maximum atomic E-state index is 13.0. The topological polar surface area (TPSA) is 79.5 Å². The molecule has 1 atom stereocenters. The molecule has 3 heterocycles. The number of hydrogen-bond acceptors (Lipinski definition) is 5. The quantitative estimate of drug-likeness (QED) is 0.676. The SMILES string of the molecule is CC(C)c1noc2ncc(C(=O)N3CCC(C(O)c4ccc(Cl)cc4)CC3)cc12. The summed E-state index contributed by atoms with van der Waals surface area (Å²) in [5.41, 5.74) is 2.67. The van der Waals surface area contributed by atoms with E-state index in [4.69, 9.17) is 16.1 Å². The van der Waals surface area contributed by atoms with Gasteiger partial charge in [-0.05, 0) is 48.4 Å². The molecule has 0 saturated carbocycles. The van der Waals surface area contributed by atoms with Crippen LogP contribution in [0.25, 0.3) is 11.1 Å². The van der Waals surface area contributed by atoms with E-state index in [0.717, 1.165) is 29.5 Å². The number of aliphatic hydroxyl groups excluding tert-OH is 1. The fourth-order valence-electron chi connectivity index (χ4n) is 3.92. The molecule has 7 heteroatoms. The Morgan fingerprint density at radius 2 is 1.93 bits per heavy atom. The van der Waals surface area contributed by atoms with E-state index in [1.165, 1.54) is 0 Å². The molecule has 2 aromatic heterocycles. The Labute approximate surface area is 174 Å².